The Morgan fingerprint density at radius 3 is 2.60 bits per heavy atom. The molecule has 1 atom stereocenters. The Labute approximate surface area is 120 Å². The number of hydrogen-bond acceptors (Lipinski definition) is 3. The number of para-hydroxylation sites is 1. The van der Waals surface area contributed by atoms with Crippen molar-refractivity contribution in [3.05, 3.63) is 39.9 Å². The minimum Gasteiger partial charge on any atom is -0.313 e. The van der Waals surface area contributed by atoms with Crippen LogP contribution in [0.15, 0.2) is 24.3 Å². The number of nitro groups is 1. The highest BCUT2D eigenvalue weighted by atomic mass is 16.6. The highest BCUT2D eigenvalue weighted by Gasteiger charge is 2.37. The van der Waals surface area contributed by atoms with Crippen molar-refractivity contribution in [2.24, 2.45) is 5.41 Å². The molecule has 0 amide bonds. The standard InChI is InChI=1S/C16H24N2O2/c1-3-17-15(16(2)10-6-7-11-16)12-13-8-4-5-9-14(13)18(19)20/h4-5,8-9,15,17H,3,6-7,10-12H2,1-2H3. The van der Waals surface area contributed by atoms with Crippen molar-refractivity contribution in [3.63, 3.8) is 0 Å². The molecule has 4 heteroatoms. The van der Waals surface area contributed by atoms with Gasteiger partial charge >= 0.3 is 0 Å². The second kappa shape index (κ2) is 6.35. The molecule has 0 radical (unpaired) electrons. The van der Waals surface area contributed by atoms with E-state index in [1.807, 2.05) is 12.1 Å². The SMILES string of the molecule is CCNC(Cc1ccccc1[N+](=O)[O-])C1(C)CCCC1. The Bertz CT molecular complexity index is 467. The maximum absolute atomic E-state index is 11.1. The molecule has 0 saturated heterocycles. The topological polar surface area (TPSA) is 55.2 Å². The Balaban J connectivity index is 2.22. The van der Waals surface area contributed by atoms with Gasteiger partial charge < -0.3 is 5.32 Å². The summed E-state index contributed by atoms with van der Waals surface area (Å²) in [7, 11) is 0. The summed E-state index contributed by atoms with van der Waals surface area (Å²) in [4.78, 5) is 10.9. The van der Waals surface area contributed by atoms with Gasteiger partial charge in [0.15, 0.2) is 0 Å². The quantitative estimate of drug-likeness (QED) is 0.636. The van der Waals surface area contributed by atoms with Crippen LogP contribution in [0.5, 0.6) is 0 Å². The van der Waals surface area contributed by atoms with Gasteiger partial charge in [-0.15, -0.1) is 0 Å². The van der Waals surface area contributed by atoms with Gasteiger partial charge in [-0.2, -0.15) is 0 Å². The molecule has 20 heavy (non-hydrogen) atoms. The summed E-state index contributed by atoms with van der Waals surface area (Å²) in [5, 5.41) is 14.7. The van der Waals surface area contributed by atoms with E-state index in [0.717, 1.165) is 18.5 Å². The molecule has 0 aromatic heterocycles. The van der Waals surface area contributed by atoms with Crippen molar-refractivity contribution in [1.29, 1.82) is 0 Å². The number of likely N-dealkylation sites (N-methyl/N-ethyl adjacent to an activating group) is 1. The maximum atomic E-state index is 11.1. The van der Waals surface area contributed by atoms with Gasteiger partial charge in [0.25, 0.3) is 5.69 Å². The lowest BCUT2D eigenvalue weighted by molar-refractivity contribution is -0.385. The minimum atomic E-state index is -0.269. The number of nitrogens with zero attached hydrogens (tertiary/aromatic N) is 1. The fraction of sp³-hybridized carbons (Fsp3) is 0.625. The lowest BCUT2D eigenvalue weighted by atomic mass is 9.77. The third kappa shape index (κ3) is 3.18. The van der Waals surface area contributed by atoms with E-state index in [9.17, 15) is 10.1 Å². The monoisotopic (exact) mass is 276 g/mol. The first kappa shape index (κ1) is 15.0. The summed E-state index contributed by atoms with van der Waals surface area (Å²) in [5.74, 6) is 0. The van der Waals surface area contributed by atoms with E-state index >= 15 is 0 Å². The molecule has 1 N–H and O–H groups in total. The smallest absolute Gasteiger partial charge is 0.272 e. The average Bonchev–Trinajstić information content (AvgIpc) is 2.87. The third-order valence-electron chi connectivity index (χ3n) is 4.65. The molecule has 0 aliphatic heterocycles. The predicted molar refractivity (Wildman–Crippen MR) is 80.8 cm³/mol. The zero-order chi connectivity index (χ0) is 14.6. The lowest BCUT2D eigenvalue weighted by Crippen LogP contribution is -2.43. The Kier molecular flexibility index (Phi) is 4.76. The predicted octanol–water partition coefficient (Wildman–Crippen LogP) is 3.70. The van der Waals surface area contributed by atoms with Gasteiger partial charge in [0, 0.05) is 17.7 Å². The van der Waals surface area contributed by atoms with Gasteiger partial charge in [-0.05, 0) is 31.2 Å². The zero-order valence-corrected chi connectivity index (χ0v) is 12.4. The highest BCUT2D eigenvalue weighted by Crippen LogP contribution is 2.42. The number of benzene rings is 1. The van der Waals surface area contributed by atoms with E-state index < -0.39 is 0 Å². The molecule has 4 nitrogen and oxygen atoms in total. The molecule has 1 aliphatic carbocycles. The average molecular weight is 276 g/mol. The molecule has 1 aromatic rings. The van der Waals surface area contributed by atoms with Crippen molar-refractivity contribution in [2.75, 3.05) is 6.54 Å². The molecule has 1 aliphatic rings. The van der Waals surface area contributed by atoms with E-state index in [4.69, 9.17) is 0 Å². The first-order valence-corrected chi connectivity index (χ1v) is 7.52. The van der Waals surface area contributed by atoms with Gasteiger partial charge in [0.2, 0.25) is 0 Å². The van der Waals surface area contributed by atoms with Crippen LogP contribution in [0.4, 0.5) is 5.69 Å². The molecule has 1 unspecified atom stereocenters. The molecule has 110 valence electrons. The van der Waals surface area contributed by atoms with E-state index in [0.29, 0.717) is 6.04 Å². The largest absolute Gasteiger partial charge is 0.313 e. The summed E-state index contributed by atoms with van der Waals surface area (Å²) in [6.07, 6.45) is 5.71. The Morgan fingerprint density at radius 2 is 2.00 bits per heavy atom. The summed E-state index contributed by atoms with van der Waals surface area (Å²) in [5.41, 5.74) is 1.35. The van der Waals surface area contributed by atoms with Crippen LogP contribution in [0.2, 0.25) is 0 Å². The van der Waals surface area contributed by atoms with E-state index in [2.05, 4.69) is 19.2 Å². The Hall–Kier alpha value is -1.42. The lowest BCUT2D eigenvalue weighted by Gasteiger charge is -2.35. The zero-order valence-electron chi connectivity index (χ0n) is 12.4. The van der Waals surface area contributed by atoms with Crippen LogP contribution in [0.25, 0.3) is 0 Å². The van der Waals surface area contributed by atoms with Crippen LogP contribution in [0, 0.1) is 15.5 Å². The molecule has 2 rings (SSSR count). The summed E-state index contributed by atoms with van der Waals surface area (Å²) in [6.45, 7) is 5.33. The third-order valence-corrected chi connectivity index (χ3v) is 4.65. The molecule has 1 aromatic carbocycles. The van der Waals surface area contributed by atoms with Crippen LogP contribution in [0.3, 0.4) is 0 Å². The van der Waals surface area contributed by atoms with Crippen LogP contribution in [-0.4, -0.2) is 17.5 Å². The van der Waals surface area contributed by atoms with Gasteiger partial charge in [0.1, 0.15) is 0 Å². The minimum absolute atomic E-state index is 0.247. The molecular weight excluding hydrogens is 252 g/mol. The fourth-order valence-corrected chi connectivity index (χ4v) is 3.42. The number of rotatable bonds is 6. The maximum Gasteiger partial charge on any atom is 0.272 e. The van der Waals surface area contributed by atoms with Crippen molar-refractivity contribution in [3.8, 4) is 0 Å². The highest BCUT2D eigenvalue weighted by molar-refractivity contribution is 5.40. The number of nitro benzene ring substituents is 1. The van der Waals surface area contributed by atoms with E-state index in [1.54, 1.807) is 12.1 Å². The molecular formula is C16H24N2O2. The van der Waals surface area contributed by atoms with Gasteiger partial charge in [0.05, 0.1) is 4.92 Å². The van der Waals surface area contributed by atoms with Crippen molar-refractivity contribution < 1.29 is 4.92 Å². The molecule has 0 bridgehead atoms. The summed E-state index contributed by atoms with van der Waals surface area (Å²) < 4.78 is 0. The molecule has 0 spiro atoms. The fourth-order valence-electron chi connectivity index (χ4n) is 3.42. The van der Waals surface area contributed by atoms with Gasteiger partial charge in [-0.1, -0.05) is 44.9 Å². The van der Waals surface area contributed by atoms with E-state index in [1.165, 1.54) is 25.7 Å². The second-order valence-electron chi connectivity index (χ2n) is 6.06. The van der Waals surface area contributed by atoms with Crippen LogP contribution < -0.4 is 5.32 Å². The molecule has 1 fully saturated rings. The van der Waals surface area contributed by atoms with Gasteiger partial charge in [-0.3, -0.25) is 10.1 Å². The van der Waals surface area contributed by atoms with Crippen LogP contribution >= 0.6 is 0 Å². The summed E-state index contributed by atoms with van der Waals surface area (Å²) in [6, 6.07) is 7.44. The summed E-state index contributed by atoms with van der Waals surface area (Å²) >= 11 is 0. The number of nitrogens with one attached hydrogen (secondary N) is 1. The Morgan fingerprint density at radius 1 is 1.35 bits per heavy atom. The normalized spacial score (nSPS) is 18.9. The van der Waals surface area contributed by atoms with Crippen molar-refractivity contribution >= 4 is 5.69 Å². The molecule has 0 heterocycles. The second-order valence-corrected chi connectivity index (χ2v) is 6.06. The van der Waals surface area contributed by atoms with Crippen molar-refractivity contribution in [1.82, 2.24) is 5.32 Å². The van der Waals surface area contributed by atoms with Crippen LogP contribution in [-0.2, 0) is 6.42 Å². The molecule has 1 saturated carbocycles. The first-order chi connectivity index (χ1) is 9.57. The first-order valence-electron chi connectivity index (χ1n) is 7.52. The van der Waals surface area contributed by atoms with Crippen molar-refractivity contribution in [2.45, 2.75) is 52.0 Å². The van der Waals surface area contributed by atoms with Gasteiger partial charge in [-0.25, -0.2) is 0 Å². The number of hydrogen-bond donors (Lipinski definition) is 1. The van der Waals surface area contributed by atoms with Crippen LogP contribution in [0.1, 0.15) is 45.1 Å². The van der Waals surface area contributed by atoms with E-state index in [-0.39, 0.29) is 16.0 Å².